The first-order valence-electron chi connectivity index (χ1n) is 5.65. The second-order valence-electron chi connectivity index (χ2n) is 3.67. The van der Waals surface area contributed by atoms with Crippen molar-refractivity contribution in [2.45, 2.75) is 32.7 Å². The summed E-state index contributed by atoms with van der Waals surface area (Å²) in [4.78, 5) is 11.3. The molecule has 94 valence electrons. The third-order valence-electron chi connectivity index (χ3n) is 2.40. The Hall–Kier alpha value is -0.870. The van der Waals surface area contributed by atoms with E-state index >= 15 is 0 Å². The van der Waals surface area contributed by atoms with Gasteiger partial charge in [0.1, 0.15) is 0 Å². The summed E-state index contributed by atoms with van der Waals surface area (Å²) in [5.74, 6) is -0.242. The van der Waals surface area contributed by atoms with Crippen LogP contribution in [0.25, 0.3) is 0 Å². The fourth-order valence-corrected chi connectivity index (χ4v) is 1.28. The Balaban J connectivity index is 3.91. The zero-order valence-electron chi connectivity index (χ0n) is 10.7. The van der Waals surface area contributed by atoms with Gasteiger partial charge in [0, 0.05) is 31.9 Å². The van der Waals surface area contributed by atoms with Crippen LogP contribution in [0.15, 0.2) is 11.6 Å². The number of nitrogens with one attached hydrogen (secondary N) is 1. The lowest BCUT2D eigenvalue weighted by Crippen LogP contribution is -2.27. The third-order valence-corrected chi connectivity index (χ3v) is 2.40. The monoisotopic (exact) mass is 229 g/mol. The van der Waals surface area contributed by atoms with Crippen LogP contribution in [0.3, 0.4) is 0 Å². The Morgan fingerprint density at radius 3 is 2.62 bits per heavy atom. The van der Waals surface area contributed by atoms with Gasteiger partial charge in [-0.2, -0.15) is 0 Å². The van der Waals surface area contributed by atoms with Crippen molar-refractivity contribution < 1.29 is 14.3 Å². The van der Waals surface area contributed by atoms with E-state index in [1.54, 1.807) is 7.11 Å². The number of ether oxygens (including phenoxy) is 2. The molecule has 0 aromatic carbocycles. The van der Waals surface area contributed by atoms with Crippen LogP contribution in [-0.2, 0) is 14.3 Å². The minimum absolute atomic E-state index is 0.242. The fraction of sp³-hybridized carbons (Fsp3) is 0.750. The normalized spacial score (nSPS) is 13.6. The van der Waals surface area contributed by atoms with Crippen LogP contribution in [-0.4, -0.2) is 39.4 Å². The SMILES string of the molecule is CCC(=CCNC(C)CCOC)C(=O)OC. The lowest BCUT2D eigenvalue weighted by atomic mass is 10.2. The van der Waals surface area contributed by atoms with Crippen molar-refractivity contribution in [3.63, 3.8) is 0 Å². The van der Waals surface area contributed by atoms with E-state index in [0.717, 1.165) is 13.0 Å². The van der Waals surface area contributed by atoms with Crippen LogP contribution >= 0.6 is 0 Å². The van der Waals surface area contributed by atoms with Crippen molar-refractivity contribution in [1.29, 1.82) is 0 Å². The molecule has 0 bridgehead atoms. The predicted octanol–water partition coefficient (Wildman–Crippen LogP) is 1.51. The van der Waals surface area contributed by atoms with E-state index in [4.69, 9.17) is 4.74 Å². The van der Waals surface area contributed by atoms with Crippen molar-refractivity contribution in [3.05, 3.63) is 11.6 Å². The van der Waals surface area contributed by atoms with Crippen molar-refractivity contribution in [2.24, 2.45) is 0 Å². The van der Waals surface area contributed by atoms with Crippen LogP contribution in [0.1, 0.15) is 26.7 Å². The fourth-order valence-electron chi connectivity index (χ4n) is 1.28. The minimum atomic E-state index is -0.242. The summed E-state index contributed by atoms with van der Waals surface area (Å²) in [6, 6.07) is 0.381. The van der Waals surface area contributed by atoms with Gasteiger partial charge < -0.3 is 14.8 Å². The van der Waals surface area contributed by atoms with Crippen molar-refractivity contribution in [2.75, 3.05) is 27.4 Å². The van der Waals surface area contributed by atoms with E-state index < -0.39 is 0 Å². The summed E-state index contributed by atoms with van der Waals surface area (Å²) >= 11 is 0. The zero-order chi connectivity index (χ0) is 12.4. The third kappa shape index (κ3) is 6.58. The van der Waals surface area contributed by atoms with E-state index in [9.17, 15) is 4.79 Å². The number of esters is 1. The van der Waals surface area contributed by atoms with Gasteiger partial charge in [-0.1, -0.05) is 13.0 Å². The standard InChI is InChI=1S/C12H23NO3/c1-5-11(12(14)16-4)6-8-13-10(2)7-9-15-3/h6,10,13H,5,7-9H2,1-4H3. The molecule has 0 heterocycles. The first-order chi connectivity index (χ1) is 7.65. The van der Waals surface area contributed by atoms with Gasteiger partial charge in [0.05, 0.1) is 7.11 Å². The summed E-state index contributed by atoms with van der Waals surface area (Å²) in [7, 11) is 3.10. The second-order valence-corrected chi connectivity index (χ2v) is 3.67. The molecule has 0 radical (unpaired) electrons. The Bertz CT molecular complexity index is 226. The number of methoxy groups -OCH3 is 2. The number of rotatable bonds is 8. The molecule has 1 atom stereocenters. The summed E-state index contributed by atoms with van der Waals surface area (Å²) in [6.45, 7) is 5.46. The molecule has 0 fully saturated rings. The smallest absolute Gasteiger partial charge is 0.333 e. The van der Waals surface area contributed by atoms with E-state index in [2.05, 4.69) is 17.0 Å². The quantitative estimate of drug-likeness (QED) is 0.506. The highest BCUT2D eigenvalue weighted by Crippen LogP contribution is 2.02. The van der Waals surface area contributed by atoms with Gasteiger partial charge in [-0.25, -0.2) is 4.79 Å². The predicted molar refractivity (Wildman–Crippen MR) is 64.3 cm³/mol. The van der Waals surface area contributed by atoms with E-state index in [1.165, 1.54) is 7.11 Å². The van der Waals surface area contributed by atoms with Crippen LogP contribution in [0.2, 0.25) is 0 Å². The van der Waals surface area contributed by atoms with Crippen LogP contribution in [0.4, 0.5) is 0 Å². The lowest BCUT2D eigenvalue weighted by molar-refractivity contribution is -0.136. The van der Waals surface area contributed by atoms with Crippen LogP contribution < -0.4 is 5.32 Å². The largest absolute Gasteiger partial charge is 0.466 e. The molecule has 0 saturated heterocycles. The highest BCUT2D eigenvalue weighted by atomic mass is 16.5. The van der Waals surface area contributed by atoms with Crippen LogP contribution in [0, 0.1) is 0 Å². The number of carbonyl (C=O) groups is 1. The maximum atomic E-state index is 11.3. The van der Waals surface area contributed by atoms with Gasteiger partial charge in [-0.3, -0.25) is 0 Å². The van der Waals surface area contributed by atoms with Crippen molar-refractivity contribution >= 4 is 5.97 Å². The van der Waals surface area contributed by atoms with E-state index in [-0.39, 0.29) is 5.97 Å². The Labute approximate surface area is 98.0 Å². The van der Waals surface area contributed by atoms with Gasteiger partial charge >= 0.3 is 5.97 Å². The summed E-state index contributed by atoms with van der Waals surface area (Å²) in [5, 5.41) is 3.30. The van der Waals surface area contributed by atoms with Crippen molar-refractivity contribution in [3.8, 4) is 0 Å². The second kappa shape index (κ2) is 9.36. The average Bonchev–Trinajstić information content (AvgIpc) is 2.31. The van der Waals surface area contributed by atoms with Crippen LogP contribution in [0.5, 0.6) is 0 Å². The molecule has 0 saturated carbocycles. The van der Waals surface area contributed by atoms with Crippen molar-refractivity contribution in [1.82, 2.24) is 5.32 Å². The number of hydrogen-bond acceptors (Lipinski definition) is 4. The Morgan fingerprint density at radius 2 is 2.12 bits per heavy atom. The highest BCUT2D eigenvalue weighted by molar-refractivity contribution is 5.88. The molecule has 0 aromatic rings. The average molecular weight is 229 g/mol. The first kappa shape index (κ1) is 15.1. The molecule has 0 aliphatic carbocycles. The van der Waals surface area contributed by atoms with Gasteiger partial charge in [0.15, 0.2) is 0 Å². The molecule has 0 spiro atoms. The van der Waals surface area contributed by atoms with E-state index in [0.29, 0.717) is 24.6 Å². The van der Waals surface area contributed by atoms with Gasteiger partial charge in [-0.05, 0) is 19.8 Å². The molecule has 0 aromatic heterocycles. The maximum absolute atomic E-state index is 11.3. The molecule has 4 nitrogen and oxygen atoms in total. The molecule has 1 unspecified atom stereocenters. The molecule has 0 amide bonds. The number of carbonyl (C=O) groups excluding carboxylic acids is 1. The molecule has 16 heavy (non-hydrogen) atoms. The molecule has 4 heteroatoms. The summed E-state index contributed by atoms with van der Waals surface area (Å²) in [5.41, 5.74) is 0.717. The minimum Gasteiger partial charge on any atom is -0.466 e. The van der Waals surface area contributed by atoms with Gasteiger partial charge in [0.2, 0.25) is 0 Å². The molecule has 0 aliphatic rings. The maximum Gasteiger partial charge on any atom is 0.333 e. The first-order valence-corrected chi connectivity index (χ1v) is 5.65. The number of hydrogen-bond donors (Lipinski definition) is 1. The zero-order valence-corrected chi connectivity index (χ0v) is 10.7. The molecule has 0 aliphatic heterocycles. The molecule has 1 N–H and O–H groups in total. The topological polar surface area (TPSA) is 47.6 Å². The van der Waals surface area contributed by atoms with Gasteiger partial charge in [0.25, 0.3) is 0 Å². The summed E-state index contributed by atoms with van der Waals surface area (Å²) < 4.78 is 9.66. The molecule has 0 rings (SSSR count). The Kier molecular flexibility index (Phi) is 8.85. The molecular weight excluding hydrogens is 206 g/mol. The highest BCUT2D eigenvalue weighted by Gasteiger charge is 2.06. The van der Waals surface area contributed by atoms with E-state index in [1.807, 2.05) is 13.0 Å². The Morgan fingerprint density at radius 1 is 1.44 bits per heavy atom. The molecular formula is C12H23NO3. The van der Waals surface area contributed by atoms with Gasteiger partial charge in [-0.15, -0.1) is 0 Å². The lowest BCUT2D eigenvalue weighted by Gasteiger charge is -2.11. The summed E-state index contributed by atoms with van der Waals surface area (Å²) in [6.07, 6.45) is 3.54.